The second-order valence-corrected chi connectivity index (χ2v) is 7.41. The third-order valence-corrected chi connectivity index (χ3v) is 5.77. The molecule has 0 fully saturated rings. The fraction of sp³-hybridized carbons (Fsp3) is 0.438. The number of amides is 1. The summed E-state index contributed by atoms with van der Waals surface area (Å²) in [5.41, 5.74) is -0.148. The highest BCUT2D eigenvalue weighted by atomic mass is 35.5. The van der Waals surface area contributed by atoms with Crippen molar-refractivity contribution in [2.24, 2.45) is 0 Å². The summed E-state index contributed by atoms with van der Waals surface area (Å²) in [4.78, 5) is 23.6. The van der Waals surface area contributed by atoms with Crippen molar-refractivity contribution >= 4 is 33.5 Å². The molecule has 0 aliphatic rings. The lowest BCUT2D eigenvalue weighted by Gasteiger charge is -2.19. The Kier molecular flexibility index (Phi) is 8.51. The molecule has 1 N–H and O–H groups in total. The van der Waals surface area contributed by atoms with Gasteiger partial charge in [-0.1, -0.05) is 25.4 Å². The number of benzene rings is 1. The minimum absolute atomic E-state index is 0.0124. The Balaban J connectivity index is 2.92. The summed E-state index contributed by atoms with van der Waals surface area (Å²) >= 11 is 5.96. The predicted octanol–water partition coefficient (Wildman–Crippen LogP) is 1.56. The van der Waals surface area contributed by atoms with Crippen LogP contribution in [0.25, 0.3) is 0 Å². The van der Waals surface area contributed by atoms with Crippen molar-refractivity contribution in [1.29, 1.82) is 5.26 Å². The molecule has 142 valence electrons. The van der Waals surface area contributed by atoms with Crippen molar-refractivity contribution in [2.75, 3.05) is 26.2 Å². The van der Waals surface area contributed by atoms with Gasteiger partial charge in [0.15, 0.2) is 6.61 Å². The quantitative estimate of drug-likeness (QED) is 0.495. The Morgan fingerprint density at radius 2 is 1.96 bits per heavy atom. The Labute approximate surface area is 157 Å². The number of carbonyl (C=O) groups excluding carboxylic acids is 2. The Morgan fingerprint density at radius 1 is 1.31 bits per heavy atom. The minimum Gasteiger partial charge on any atom is -0.452 e. The molecule has 0 aromatic heterocycles. The zero-order valence-corrected chi connectivity index (χ0v) is 16.1. The number of rotatable bonds is 9. The summed E-state index contributed by atoms with van der Waals surface area (Å²) in [6.45, 7) is 3.56. The summed E-state index contributed by atoms with van der Waals surface area (Å²) in [5, 5.41) is 10.8. The zero-order valence-electron chi connectivity index (χ0n) is 14.5. The van der Waals surface area contributed by atoms with Gasteiger partial charge in [-0.2, -0.15) is 9.57 Å². The molecule has 1 amide bonds. The van der Waals surface area contributed by atoms with Gasteiger partial charge in [-0.3, -0.25) is 4.79 Å². The van der Waals surface area contributed by atoms with E-state index in [1.54, 1.807) is 13.8 Å². The van der Waals surface area contributed by atoms with E-state index in [1.165, 1.54) is 16.4 Å². The second kappa shape index (κ2) is 10.1. The number of nitrogens with one attached hydrogen (secondary N) is 1. The number of carbonyl (C=O) groups is 2. The molecule has 0 atom stereocenters. The van der Waals surface area contributed by atoms with Crippen LogP contribution in [0.3, 0.4) is 0 Å². The lowest BCUT2D eigenvalue weighted by Crippen LogP contribution is -2.31. The summed E-state index contributed by atoms with van der Waals surface area (Å²) in [6.07, 6.45) is 0.136. The van der Waals surface area contributed by atoms with Crippen molar-refractivity contribution in [2.45, 2.75) is 25.2 Å². The van der Waals surface area contributed by atoms with E-state index in [0.717, 1.165) is 6.07 Å². The highest BCUT2D eigenvalue weighted by Crippen LogP contribution is 2.23. The van der Waals surface area contributed by atoms with Gasteiger partial charge >= 0.3 is 5.97 Å². The number of nitriles is 1. The molecule has 1 aromatic rings. The van der Waals surface area contributed by atoms with Crippen molar-refractivity contribution in [1.82, 2.24) is 9.62 Å². The summed E-state index contributed by atoms with van der Waals surface area (Å²) in [6, 6.07) is 5.59. The molecule has 0 unspecified atom stereocenters. The van der Waals surface area contributed by atoms with Crippen LogP contribution >= 0.6 is 11.6 Å². The van der Waals surface area contributed by atoms with Crippen LogP contribution < -0.4 is 5.32 Å². The highest BCUT2D eigenvalue weighted by molar-refractivity contribution is 7.89. The van der Waals surface area contributed by atoms with Crippen molar-refractivity contribution in [3.8, 4) is 6.07 Å². The Hall–Kier alpha value is -2.15. The van der Waals surface area contributed by atoms with Gasteiger partial charge in [-0.25, -0.2) is 13.2 Å². The van der Waals surface area contributed by atoms with Crippen LogP contribution in [-0.2, 0) is 19.6 Å². The maximum absolute atomic E-state index is 12.5. The second-order valence-electron chi connectivity index (χ2n) is 5.07. The van der Waals surface area contributed by atoms with Gasteiger partial charge in [0, 0.05) is 19.6 Å². The van der Waals surface area contributed by atoms with Crippen LogP contribution in [0, 0.1) is 11.3 Å². The summed E-state index contributed by atoms with van der Waals surface area (Å²) in [7, 11) is -3.76. The Morgan fingerprint density at radius 3 is 2.54 bits per heavy atom. The predicted molar refractivity (Wildman–Crippen MR) is 95.1 cm³/mol. The summed E-state index contributed by atoms with van der Waals surface area (Å²) < 4.78 is 31.2. The molecule has 0 aliphatic carbocycles. The maximum atomic E-state index is 12.5. The Bertz CT molecular complexity index is 801. The molecule has 0 bridgehead atoms. The molecule has 0 spiro atoms. The van der Waals surface area contributed by atoms with Crippen LogP contribution in [0.1, 0.15) is 30.6 Å². The SMILES string of the molecule is CCN(CC)S(=O)(=O)c1ccc(Cl)c(C(=O)OCC(=O)NCCC#N)c1. The number of nitrogens with zero attached hydrogens (tertiary/aromatic N) is 2. The molecule has 0 saturated heterocycles. The third kappa shape index (κ3) is 5.69. The van der Waals surface area contributed by atoms with Crippen molar-refractivity contribution in [3.05, 3.63) is 28.8 Å². The van der Waals surface area contributed by atoms with Crippen LogP contribution in [0.15, 0.2) is 23.1 Å². The molecule has 0 aliphatic heterocycles. The van der Waals surface area contributed by atoms with Crippen LogP contribution in [0.2, 0.25) is 5.02 Å². The minimum atomic E-state index is -3.76. The lowest BCUT2D eigenvalue weighted by molar-refractivity contribution is -0.124. The number of ether oxygens (including phenoxy) is 1. The highest BCUT2D eigenvalue weighted by Gasteiger charge is 2.24. The van der Waals surface area contributed by atoms with E-state index in [-0.39, 0.29) is 41.5 Å². The van der Waals surface area contributed by atoms with Gasteiger partial charge < -0.3 is 10.1 Å². The number of hydrogen-bond acceptors (Lipinski definition) is 6. The fourth-order valence-electron chi connectivity index (χ4n) is 2.05. The van der Waals surface area contributed by atoms with Gasteiger partial charge in [0.2, 0.25) is 10.0 Å². The molecular weight excluding hydrogens is 382 g/mol. The van der Waals surface area contributed by atoms with E-state index in [2.05, 4.69) is 5.32 Å². The van der Waals surface area contributed by atoms with Crippen molar-refractivity contribution in [3.63, 3.8) is 0 Å². The first-order valence-corrected chi connectivity index (χ1v) is 9.70. The van der Waals surface area contributed by atoms with Gasteiger partial charge in [-0.15, -0.1) is 0 Å². The maximum Gasteiger partial charge on any atom is 0.340 e. The van der Waals surface area contributed by atoms with Gasteiger partial charge in [0.25, 0.3) is 5.91 Å². The summed E-state index contributed by atoms with van der Waals surface area (Å²) in [5.74, 6) is -1.49. The monoisotopic (exact) mass is 401 g/mol. The molecule has 26 heavy (non-hydrogen) atoms. The van der Waals surface area contributed by atoms with E-state index in [4.69, 9.17) is 21.6 Å². The van der Waals surface area contributed by atoms with E-state index in [0.29, 0.717) is 0 Å². The topological polar surface area (TPSA) is 117 Å². The van der Waals surface area contributed by atoms with Crippen LogP contribution in [0.4, 0.5) is 0 Å². The largest absolute Gasteiger partial charge is 0.452 e. The first-order chi connectivity index (χ1) is 12.3. The first kappa shape index (κ1) is 21.9. The van der Waals surface area contributed by atoms with E-state index in [1.807, 2.05) is 6.07 Å². The zero-order chi connectivity index (χ0) is 19.7. The van der Waals surface area contributed by atoms with Crippen molar-refractivity contribution < 1.29 is 22.7 Å². The molecule has 1 rings (SSSR count). The molecular formula is C16H20ClN3O5S. The van der Waals surface area contributed by atoms with E-state index < -0.39 is 28.5 Å². The average molecular weight is 402 g/mol. The molecule has 1 aromatic carbocycles. The standard InChI is InChI=1S/C16H20ClN3O5S/c1-3-20(4-2)26(23,24)12-6-7-14(17)13(10-12)16(22)25-11-15(21)19-9-5-8-18/h6-7,10H,3-5,9,11H2,1-2H3,(H,19,21). The van der Waals surface area contributed by atoms with E-state index in [9.17, 15) is 18.0 Å². The van der Waals surface area contributed by atoms with Crippen LogP contribution in [0.5, 0.6) is 0 Å². The lowest BCUT2D eigenvalue weighted by atomic mass is 10.2. The van der Waals surface area contributed by atoms with Gasteiger partial charge in [0.1, 0.15) is 0 Å². The number of hydrogen-bond donors (Lipinski definition) is 1. The smallest absolute Gasteiger partial charge is 0.340 e. The van der Waals surface area contributed by atoms with E-state index >= 15 is 0 Å². The fourth-order valence-corrected chi connectivity index (χ4v) is 3.73. The number of esters is 1. The van der Waals surface area contributed by atoms with Gasteiger partial charge in [0.05, 0.1) is 28.0 Å². The third-order valence-electron chi connectivity index (χ3n) is 3.39. The number of halogens is 1. The average Bonchev–Trinajstić information content (AvgIpc) is 2.61. The molecule has 8 nitrogen and oxygen atoms in total. The molecule has 0 radical (unpaired) electrons. The molecule has 0 saturated carbocycles. The number of sulfonamides is 1. The normalized spacial score (nSPS) is 11.0. The first-order valence-electron chi connectivity index (χ1n) is 7.88. The molecule has 10 heteroatoms. The van der Waals surface area contributed by atoms with Crippen LogP contribution in [-0.4, -0.2) is 50.8 Å². The van der Waals surface area contributed by atoms with Gasteiger partial charge in [-0.05, 0) is 18.2 Å². The molecule has 0 heterocycles.